The van der Waals surface area contributed by atoms with Gasteiger partial charge >= 0.3 is 29.5 Å². The van der Waals surface area contributed by atoms with Gasteiger partial charge in [0.25, 0.3) is 0 Å². The van der Waals surface area contributed by atoms with Crippen LogP contribution in [0.4, 0.5) is 0 Å². The van der Waals surface area contributed by atoms with Gasteiger partial charge in [0.2, 0.25) is 18.1 Å². The number of carbonyl (C=O) groups is 4. The molecule has 1 aliphatic heterocycles. The van der Waals surface area contributed by atoms with Crippen molar-refractivity contribution in [2.75, 3.05) is 6.61 Å². The van der Waals surface area contributed by atoms with Crippen LogP contribution in [0.3, 0.4) is 0 Å². The molecule has 14 heteroatoms. The van der Waals surface area contributed by atoms with Gasteiger partial charge in [-0.2, -0.15) is 0 Å². The van der Waals surface area contributed by atoms with Gasteiger partial charge in [-0.25, -0.2) is 4.79 Å². The summed E-state index contributed by atoms with van der Waals surface area (Å²) in [5.74, 6) is -2.11. The highest BCUT2D eigenvalue weighted by Crippen LogP contribution is 2.38. The van der Waals surface area contributed by atoms with E-state index in [1.54, 1.807) is 12.1 Å². The Hall–Kier alpha value is -5.11. The number of fused-ring (bicyclic) bond motifs is 1. The second-order valence-corrected chi connectivity index (χ2v) is 12.7. The van der Waals surface area contributed by atoms with E-state index in [0.717, 1.165) is 52.0 Å². The molecule has 1 saturated carbocycles. The minimum Gasteiger partial charge on any atom is -0.484 e. The van der Waals surface area contributed by atoms with Crippen LogP contribution in [0.5, 0.6) is 17.2 Å². The van der Waals surface area contributed by atoms with Crippen LogP contribution in [0, 0.1) is 5.92 Å². The highest BCUT2D eigenvalue weighted by Gasteiger charge is 2.53. The van der Waals surface area contributed by atoms with Crippen molar-refractivity contribution in [2.45, 2.75) is 104 Å². The Labute approximate surface area is 294 Å². The second-order valence-electron chi connectivity index (χ2n) is 12.7. The maximum atomic E-state index is 13.5. The van der Waals surface area contributed by atoms with Crippen LogP contribution < -0.4 is 19.8 Å². The van der Waals surface area contributed by atoms with Crippen LogP contribution >= 0.6 is 0 Å². The zero-order valence-corrected chi connectivity index (χ0v) is 29.1. The van der Waals surface area contributed by atoms with Gasteiger partial charge in [-0.15, -0.1) is 0 Å². The minimum absolute atomic E-state index is 0.0220. The molecule has 2 aromatic carbocycles. The molecule has 0 unspecified atom stereocenters. The predicted octanol–water partition coefficient (Wildman–Crippen LogP) is 4.79. The first-order valence-electron chi connectivity index (χ1n) is 16.8. The van der Waals surface area contributed by atoms with Gasteiger partial charge in [-0.1, -0.05) is 37.3 Å². The van der Waals surface area contributed by atoms with Gasteiger partial charge in [-0.05, 0) is 49.3 Å². The molecule has 1 aliphatic carbocycles. The van der Waals surface area contributed by atoms with E-state index in [-0.39, 0.29) is 35.5 Å². The normalized spacial score (nSPS) is 24.5. The molecule has 14 nitrogen and oxygen atoms in total. The predicted molar refractivity (Wildman–Crippen MR) is 178 cm³/mol. The molecule has 0 spiro atoms. The summed E-state index contributed by atoms with van der Waals surface area (Å²) in [5.41, 5.74) is 0.226. The first kappa shape index (κ1) is 37.2. The molecule has 5 atom stereocenters. The summed E-state index contributed by atoms with van der Waals surface area (Å²) in [6.45, 7) is 6.48. The van der Waals surface area contributed by atoms with Crippen molar-refractivity contribution < 1.29 is 61.5 Å². The van der Waals surface area contributed by atoms with Gasteiger partial charge in [-0.3, -0.25) is 19.2 Å². The molecule has 0 amide bonds. The molecular formula is C37H42O14. The Morgan fingerprint density at radius 2 is 1.39 bits per heavy atom. The Kier molecular flexibility index (Phi) is 12.2. The van der Waals surface area contributed by atoms with E-state index in [1.807, 2.05) is 30.3 Å². The molecule has 1 saturated heterocycles. The zero-order chi connectivity index (χ0) is 36.7. The van der Waals surface area contributed by atoms with Crippen LogP contribution in [0.25, 0.3) is 11.0 Å². The molecule has 2 heterocycles. The summed E-state index contributed by atoms with van der Waals surface area (Å²) in [5, 5.41) is 0.429. The van der Waals surface area contributed by atoms with Crippen molar-refractivity contribution in [3.8, 4) is 17.2 Å². The summed E-state index contributed by atoms with van der Waals surface area (Å²) < 4.78 is 52.0. The lowest BCUT2D eigenvalue weighted by Crippen LogP contribution is -2.63. The molecule has 51 heavy (non-hydrogen) atoms. The third-order valence-electron chi connectivity index (χ3n) is 8.47. The molecule has 2 fully saturated rings. The van der Waals surface area contributed by atoms with Crippen LogP contribution in [-0.2, 0) is 49.5 Å². The lowest BCUT2D eigenvalue weighted by Gasteiger charge is -2.43. The van der Waals surface area contributed by atoms with E-state index >= 15 is 0 Å². The van der Waals surface area contributed by atoms with E-state index in [9.17, 15) is 24.0 Å². The lowest BCUT2D eigenvalue weighted by atomic mass is 9.89. The topological polar surface area (TPSA) is 172 Å². The van der Waals surface area contributed by atoms with Gasteiger partial charge in [0, 0.05) is 33.8 Å². The Morgan fingerprint density at radius 1 is 0.745 bits per heavy atom. The fourth-order valence-corrected chi connectivity index (χ4v) is 6.12. The zero-order valence-electron chi connectivity index (χ0n) is 29.1. The van der Waals surface area contributed by atoms with Crippen molar-refractivity contribution in [3.63, 3.8) is 0 Å². The summed E-state index contributed by atoms with van der Waals surface area (Å²) in [6, 6.07) is 14.1. The van der Waals surface area contributed by atoms with Crippen molar-refractivity contribution in [1.82, 2.24) is 0 Å². The van der Waals surface area contributed by atoms with Crippen molar-refractivity contribution in [3.05, 3.63) is 64.5 Å². The Morgan fingerprint density at radius 3 is 2.04 bits per heavy atom. The van der Waals surface area contributed by atoms with Crippen LogP contribution in [0.2, 0.25) is 0 Å². The molecule has 1 aromatic heterocycles. The fourth-order valence-electron chi connectivity index (χ4n) is 6.12. The number of hydrogen-bond acceptors (Lipinski definition) is 14. The summed E-state index contributed by atoms with van der Waals surface area (Å²) >= 11 is 0. The molecule has 0 N–H and O–H groups in total. The molecule has 2 aliphatic rings. The molecule has 5 rings (SSSR count). The van der Waals surface area contributed by atoms with Gasteiger partial charge in [0.05, 0.1) is 11.5 Å². The monoisotopic (exact) mass is 710 g/mol. The fraction of sp³-hybridized carbons (Fsp3) is 0.486. The van der Waals surface area contributed by atoms with E-state index in [4.69, 9.17) is 42.3 Å². The average Bonchev–Trinajstić information content (AvgIpc) is 3.07. The highest BCUT2D eigenvalue weighted by atomic mass is 16.7. The van der Waals surface area contributed by atoms with Crippen LogP contribution in [-0.4, -0.2) is 67.3 Å². The van der Waals surface area contributed by atoms with Gasteiger partial charge < -0.3 is 42.3 Å². The van der Waals surface area contributed by atoms with E-state index < -0.39 is 66.8 Å². The van der Waals surface area contributed by atoms with Crippen LogP contribution in [0.1, 0.15) is 65.9 Å². The van der Waals surface area contributed by atoms with Gasteiger partial charge in [0.15, 0.2) is 18.0 Å². The minimum atomic E-state index is -1.49. The van der Waals surface area contributed by atoms with E-state index in [2.05, 4.69) is 6.92 Å². The first-order chi connectivity index (χ1) is 24.4. The van der Waals surface area contributed by atoms with E-state index in [0.29, 0.717) is 11.3 Å². The largest absolute Gasteiger partial charge is 0.484 e. The SMILES string of the molecule is CC(=O)OC[C@H]1O[C@@H](Oc2ccc3c(OCc4ccccc4)c(O[C@H]4CC[C@@H](C)CC4)c(=O)oc3c2)[C@H](OC(C)=O)[C@@H](OC(C)=O)[C@H]1OC(C)=O. The molecule has 0 bridgehead atoms. The molecule has 0 radical (unpaired) electrons. The number of rotatable bonds is 12. The summed E-state index contributed by atoms with van der Waals surface area (Å²) in [6.07, 6.45) is -3.56. The third-order valence-corrected chi connectivity index (χ3v) is 8.47. The third kappa shape index (κ3) is 9.78. The number of benzene rings is 2. The quantitative estimate of drug-likeness (QED) is 0.143. The lowest BCUT2D eigenvalue weighted by molar-refractivity contribution is -0.288. The Balaban J connectivity index is 1.51. The van der Waals surface area contributed by atoms with Crippen LogP contribution in [0.15, 0.2) is 57.7 Å². The van der Waals surface area contributed by atoms with Crippen molar-refractivity contribution >= 4 is 34.8 Å². The number of ether oxygens (including phenoxy) is 8. The highest BCUT2D eigenvalue weighted by molar-refractivity contribution is 5.86. The standard InChI is InChI=1S/C37H42O14/c1-20-11-13-26(14-12-20)48-34-31(44-18-25-9-7-6-8-10-25)28-16-15-27(17-29(28)50-36(34)42)49-37-35(47-24(5)41)33(46-23(4)40)32(45-22(3)39)30(51-37)19-43-21(2)38/h6-10,15-17,20,26,30,32-33,35,37H,11-14,18-19H2,1-5H3/t20-,26+,30-,32+,33+,35-,37-/m1/s1. The summed E-state index contributed by atoms with van der Waals surface area (Å²) in [4.78, 5) is 61.7. The smallest absolute Gasteiger partial charge is 0.383 e. The second kappa shape index (κ2) is 16.7. The first-order valence-corrected chi connectivity index (χ1v) is 16.8. The van der Waals surface area contributed by atoms with Crippen molar-refractivity contribution in [2.24, 2.45) is 5.92 Å². The maximum Gasteiger partial charge on any atom is 0.383 e. The average molecular weight is 711 g/mol. The van der Waals surface area contributed by atoms with E-state index in [1.165, 1.54) is 13.0 Å². The van der Waals surface area contributed by atoms with Gasteiger partial charge in [0.1, 0.15) is 30.7 Å². The summed E-state index contributed by atoms with van der Waals surface area (Å²) in [7, 11) is 0. The Bertz CT molecular complexity index is 1760. The molecule has 3 aromatic rings. The number of hydrogen-bond donors (Lipinski definition) is 0. The number of carbonyl (C=O) groups excluding carboxylic acids is 4. The maximum absolute atomic E-state index is 13.5. The molecular weight excluding hydrogens is 668 g/mol. The van der Waals surface area contributed by atoms with Crippen molar-refractivity contribution in [1.29, 1.82) is 0 Å². The molecule has 274 valence electrons. The number of esters is 4.